The predicted octanol–water partition coefficient (Wildman–Crippen LogP) is 2.68. The first-order valence-corrected chi connectivity index (χ1v) is 12.4. The molecule has 8 nitrogen and oxygen atoms in total. The van der Waals surface area contributed by atoms with Crippen molar-refractivity contribution in [3.05, 3.63) is 42.0 Å². The third-order valence-corrected chi connectivity index (χ3v) is 7.45. The summed E-state index contributed by atoms with van der Waals surface area (Å²) in [5.74, 6) is 0.991. The zero-order valence-electron chi connectivity index (χ0n) is 17.5. The van der Waals surface area contributed by atoms with Crippen molar-refractivity contribution in [2.45, 2.75) is 4.90 Å². The number of methoxy groups -OCH3 is 2. The van der Waals surface area contributed by atoms with Gasteiger partial charge in [0.25, 0.3) is 5.91 Å². The van der Waals surface area contributed by atoms with E-state index in [1.54, 1.807) is 42.3 Å². The van der Waals surface area contributed by atoms with Crippen molar-refractivity contribution in [2.24, 2.45) is 0 Å². The van der Waals surface area contributed by atoms with E-state index in [0.717, 1.165) is 9.83 Å². The molecule has 164 valence electrons. The Morgan fingerprint density at radius 1 is 1.06 bits per heavy atom. The largest absolute Gasteiger partial charge is 0.497 e. The molecule has 1 saturated heterocycles. The summed E-state index contributed by atoms with van der Waals surface area (Å²) < 4.78 is 35.6. The number of amides is 1. The molecule has 0 unspecified atom stereocenters. The Hall–Kier alpha value is -2.85. The summed E-state index contributed by atoms with van der Waals surface area (Å²) in [6, 6.07) is 10.4. The number of thiazole rings is 1. The van der Waals surface area contributed by atoms with Gasteiger partial charge in [-0.2, -0.15) is 0 Å². The lowest BCUT2D eigenvalue weighted by atomic mass is 10.1. The summed E-state index contributed by atoms with van der Waals surface area (Å²) in [6.07, 6.45) is 1.19. The van der Waals surface area contributed by atoms with E-state index in [-0.39, 0.29) is 10.8 Å². The molecule has 0 bridgehead atoms. The number of sulfone groups is 1. The van der Waals surface area contributed by atoms with E-state index in [0.29, 0.717) is 48.8 Å². The number of aromatic nitrogens is 1. The molecule has 4 rings (SSSR count). The van der Waals surface area contributed by atoms with Gasteiger partial charge >= 0.3 is 0 Å². The molecule has 0 spiro atoms. The van der Waals surface area contributed by atoms with Gasteiger partial charge in [-0.05, 0) is 30.3 Å². The van der Waals surface area contributed by atoms with Crippen LogP contribution in [0.1, 0.15) is 10.4 Å². The van der Waals surface area contributed by atoms with Gasteiger partial charge in [0.2, 0.25) is 0 Å². The molecule has 3 aromatic rings. The molecule has 1 aliphatic rings. The number of fused-ring (bicyclic) bond motifs is 1. The molecule has 0 N–H and O–H groups in total. The molecule has 2 heterocycles. The summed E-state index contributed by atoms with van der Waals surface area (Å²) in [5.41, 5.74) is 0.970. The van der Waals surface area contributed by atoms with E-state index in [2.05, 4.69) is 9.88 Å². The minimum atomic E-state index is -3.36. The summed E-state index contributed by atoms with van der Waals surface area (Å²) in [5, 5.41) is 0.761. The number of para-hydroxylation sites is 1. The fourth-order valence-corrected chi connectivity index (χ4v) is 5.54. The minimum absolute atomic E-state index is 0.112. The maximum atomic E-state index is 13.1. The van der Waals surface area contributed by atoms with E-state index < -0.39 is 9.84 Å². The summed E-state index contributed by atoms with van der Waals surface area (Å²) >= 11 is 1.46. The maximum absolute atomic E-state index is 13.1. The van der Waals surface area contributed by atoms with Crippen LogP contribution in [0.3, 0.4) is 0 Å². The lowest BCUT2D eigenvalue weighted by Crippen LogP contribution is -2.48. The first-order chi connectivity index (χ1) is 14.8. The van der Waals surface area contributed by atoms with Gasteiger partial charge in [0.1, 0.15) is 17.0 Å². The number of carbonyl (C=O) groups is 1. The maximum Gasteiger partial charge on any atom is 0.257 e. The second-order valence-corrected chi connectivity index (χ2v) is 10.2. The number of piperazine rings is 1. The van der Waals surface area contributed by atoms with Crippen LogP contribution in [-0.2, 0) is 9.84 Å². The number of anilines is 1. The molecule has 1 amide bonds. The van der Waals surface area contributed by atoms with Gasteiger partial charge in [-0.25, -0.2) is 13.4 Å². The smallest absolute Gasteiger partial charge is 0.257 e. The third kappa shape index (κ3) is 4.17. The van der Waals surface area contributed by atoms with Crippen molar-refractivity contribution < 1.29 is 22.7 Å². The molecule has 1 aliphatic heterocycles. The van der Waals surface area contributed by atoms with Gasteiger partial charge < -0.3 is 19.3 Å². The number of hydrogen-bond acceptors (Lipinski definition) is 8. The molecule has 0 atom stereocenters. The van der Waals surface area contributed by atoms with E-state index in [9.17, 15) is 13.2 Å². The number of hydrogen-bond donors (Lipinski definition) is 0. The lowest BCUT2D eigenvalue weighted by molar-refractivity contribution is 0.0743. The van der Waals surface area contributed by atoms with Gasteiger partial charge in [-0.3, -0.25) is 4.79 Å². The van der Waals surface area contributed by atoms with Gasteiger partial charge in [0.05, 0.1) is 29.4 Å². The van der Waals surface area contributed by atoms with Crippen LogP contribution in [0.2, 0.25) is 0 Å². The number of ether oxygens (including phenoxy) is 2. The Bertz CT molecular complexity index is 1230. The van der Waals surface area contributed by atoms with Crippen LogP contribution in [0.15, 0.2) is 41.3 Å². The topological polar surface area (TPSA) is 89.0 Å². The second kappa shape index (κ2) is 8.35. The zero-order valence-corrected chi connectivity index (χ0v) is 19.1. The predicted molar refractivity (Wildman–Crippen MR) is 120 cm³/mol. The molecule has 1 aromatic heterocycles. The van der Waals surface area contributed by atoms with Crippen molar-refractivity contribution in [3.63, 3.8) is 0 Å². The van der Waals surface area contributed by atoms with Crippen LogP contribution in [0.4, 0.5) is 5.13 Å². The van der Waals surface area contributed by atoms with Crippen LogP contribution < -0.4 is 14.4 Å². The third-order valence-electron chi connectivity index (χ3n) is 5.24. The summed E-state index contributed by atoms with van der Waals surface area (Å²) in [7, 11) is -0.266. The van der Waals surface area contributed by atoms with E-state index >= 15 is 0 Å². The average molecular weight is 462 g/mol. The van der Waals surface area contributed by atoms with Crippen molar-refractivity contribution in [1.82, 2.24) is 9.88 Å². The molecular formula is C21H23N3O5S2. The highest BCUT2D eigenvalue weighted by Gasteiger charge is 2.27. The first kappa shape index (κ1) is 21.4. The molecule has 0 saturated carbocycles. The minimum Gasteiger partial charge on any atom is -0.497 e. The molecule has 1 fully saturated rings. The summed E-state index contributed by atoms with van der Waals surface area (Å²) in [6.45, 7) is 2.25. The van der Waals surface area contributed by atoms with Crippen molar-refractivity contribution in [1.29, 1.82) is 0 Å². The Morgan fingerprint density at radius 2 is 1.81 bits per heavy atom. The van der Waals surface area contributed by atoms with Gasteiger partial charge in [-0.1, -0.05) is 17.4 Å². The molecule has 10 heteroatoms. The average Bonchev–Trinajstić information content (AvgIpc) is 3.22. The molecule has 31 heavy (non-hydrogen) atoms. The SMILES string of the molecule is COc1ccc(OC)c(C(=O)N2CCN(c3nc4c(S(C)(=O)=O)cccc4s3)CC2)c1. The highest BCUT2D eigenvalue weighted by atomic mass is 32.2. The molecule has 0 radical (unpaired) electrons. The second-order valence-electron chi connectivity index (χ2n) is 7.22. The molecule has 2 aromatic carbocycles. The Labute approximate surface area is 184 Å². The summed E-state index contributed by atoms with van der Waals surface area (Å²) in [4.78, 5) is 21.8. The van der Waals surface area contributed by atoms with Crippen LogP contribution in [0.25, 0.3) is 10.2 Å². The number of benzene rings is 2. The van der Waals surface area contributed by atoms with E-state index in [1.807, 2.05) is 6.07 Å². The standard InChI is InChI=1S/C21H23N3O5S2/c1-28-14-7-8-16(29-2)15(13-14)20(25)23-9-11-24(12-10-23)21-22-19-17(30-21)5-4-6-18(19)31(3,26)27/h4-8,13H,9-12H2,1-3H3. The van der Waals surface area contributed by atoms with Crippen LogP contribution >= 0.6 is 11.3 Å². The van der Waals surface area contributed by atoms with Crippen molar-refractivity contribution >= 4 is 42.4 Å². The Kier molecular flexibility index (Phi) is 5.76. The number of carbonyl (C=O) groups excluding carboxylic acids is 1. The van der Waals surface area contributed by atoms with Crippen LogP contribution in [0.5, 0.6) is 11.5 Å². The fourth-order valence-electron chi connectivity index (χ4n) is 3.60. The van der Waals surface area contributed by atoms with E-state index in [1.165, 1.54) is 24.7 Å². The fraction of sp³-hybridized carbons (Fsp3) is 0.333. The normalized spacial score (nSPS) is 14.7. The van der Waals surface area contributed by atoms with Gasteiger partial charge in [0.15, 0.2) is 15.0 Å². The lowest BCUT2D eigenvalue weighted by Gasteiger charge is -2.34. The number of nitrogens with zero attached hydrogens (tertiary/aromatic N) is 3. The highest BCUT2D eigenvalue weighted by molar-refractivity contribution is 7.91. The molecular weight excluding hydrogens is 438 g/mol. The van der Waals surface area contributed by atoms with Gasteiger partial charge in [0, 0.05) is 32.4 Å². The monoisotopic (exact) mass is 461 g/mol. The number of rotatable bonds is 5. The zero-order chi connectivity index (χ0) is 22.2. The van der Waals surface area contributed by atoms with Crippen molar-refractivity contribution in [2.75, 3.05) is 51.6 Å². The van der Waals surface area contributed by atoms with Crippen molar-refractivity contribution in [3.8, 4) is 11.5 Å². The Balaban J connectivity index is 1.52. The highest BCUT2D eigenvalue weighted by Crippen LogP contribution is 2.33. The Morgan fingerprint density at radius 3 is 2.45 bits per heavy atom. The van der Waals surface area contributed by atoms with Crippen LogP contribution in [0, 0.1) is 0 Å². The van der Waals surface area contributed by atoms with Crippen LogP contribution in [-0.4, -0.2) is 70.9 Å². The molecule has 0 aliphatic carbocycles. The van der Waals surface area contributed by atoms with E-state index in [4.69, 9.17) is 9.47 Å². The van der Waals surface area contributed by atoms with Gasteiger partial charge in [-0.15, -0.1) is 0 Å². The quantitative estimate of drug-likeness (QED) is 0.577. The first-order valence-electron chi connectivity index (χ1n) is 9.67.